The summed E-state index contributed by atoms with van der Waals surface area (Å²) in [5.74, 6) is 0.630. The molecule has 1 saturated heterocycles. The van der Waals surface area contributed by atoms with Crippen molar-refractivity contribution in [2.45, 2.75) is 39.0 Å². The van der Waals surface area contributed by atoms with Gasteiger partial charge in [0.15, 0.2) is 0 Å². The molecule has 2 atom stereocenters. The minimum atomic E-state index is -0.105. The molecule has 1 fully saturated rings. The van der Waals surface area contributed by atoms with Gasteiger partial charge in [-0.05, 0) is 38.5 Å². The highest BCUT2D eigenvalue weighted by Crippen LogP contribution is 2.27. The van der Waals surface area contributed by atoms with E-state index in [0.717, 1.165) is 5.56 Å². The Kier molecular flexibility index (Phi) is 5.34. The van der Waals surface area contributed by atoms with Crippen molar-refractivity contribution in [2.75, 3.05) is 18.4 Å². The number of rotatable bonds is 4. The molecule has 5 nitrogen and oxygen atoms in total. The second kappa shape index (κ2) is 7.66. The molecule has 3 rings (SSSR count). The van der Waals surface area contributed by atoms with Gasteiger partial charge in [-0.3, -0.25) is 4.79 Å². The van der Waals surface area contributed by atoms with Crippen LogP contribution in [-0.4, -0.2) is 41.0 Å². The molecule has 1 amide bonds. The molecule has 1 aromatic carbocycles. The Morgan fingerprint density at radius 2 is 1.96 bits per heavy atom. The van der Waals surface area contributed by atoms with Crippen molar-refractivity contribution in [1.82, 2.24) is 9.88 Å². The largest absolute Gasteiger partial charge is 0.367 e. The number of nitrogens with zero attached hydrogens (tertiary/aromatic N) is 2. The van der Waals surface area contributed by atoms with Gasteiger partial charge in [-0.2, -0.15) is 0 Å². The molecule has 5 heteroatoms. The van der Waals surface area contributed by atoms with Crippen LogP contribution in [0, 0.1) is 0 Å². The summed E-state index contributed by atoms with van der Waals surface area (Å²) in [5.41, 5.74) is 1.70. The van der Waals surface area contributed by atoms with Crippen LogP contribution in [0.15, 0.2) is 48.7 Å². The molecular weight excluding hydrogens is 314 g/mol. The number of benzene rings is 1. The zero-order valence-electron chi connectivity index (χ0n) is 15.0. The Hall–Kier alpha value is -2.40. The molecule has 2 unspecified atom stereocenters. The third kappa shape index (κ3) is 4.17. The van der Waals surface area contributed by atoms with E-state index in [1.54, 1.807) is 12.3 Å². The molecule has 1 N–H and O–H groups in total. The predicted octanol–water partition coefficient (Wildman–Crippen LogP) is 3.50. The van der Waals surface area contributed by atoms with Crippen LogP contribution < -0.4 is 5.32 Å². The highest BCUT2D eigenvalue weighted by molar-refractivity contribution is 5.98. The lowest BCUT2D eigenvalue weighted by Gasteiger charge is -2.37. The van der Waals surface area contributed by atoms with E-state index in [1.165, 1.54) is 0 Å². The second-order valence-electron chi connectivity index (χ2n) is 6.75. The maximum Gasteiger partial charge on any atom is 0.257 e. The number of amides is 1. The van der Waals surface area contributed by atoms with Crippen molar-refractivity contribution >= 4 is 11.7 Å². The number of pyridine rings is 1. The zero-order chi connectivity index (χ0) is 17.8. The highest BCUT2D eigenvalue weighted by atomic mass is 16.5. The van der Waals surface area contributed by atoms with Crippen LogP contribution in [0.1, 0.15) is 42.8 Å². The van der Waals surface area contributed by atoms with E-state index >= 15 is 0 Å². The Morgan fingerprint density at radius 3 is 2.68 bits per heavy atom. The Morgan fingerprint density at radius 1 is 1.20 bits per heavy atom. The summed E-state index contributed by atoms with van der Waals surface area (Å²) >= 11 is 0. The fraction of sp³-hybridized carbons (Fsp3) is 0.400. The monoisotopic (exact) mass is 339 g/mol. The fourth-order valence-electron chi connectivity index (χ4n) is 3.11. The first-order valence-corrected chi connectivity index (χ1v) is 8.76. The minimum Gasteiger partial charge on any atom is -0.367 e. The van der Waals surface area contributed by atoms with Crippen LogP contribution in [0.5, 0.6) is 0 Å². The number of aromatic nitrogens is 1. The Balaban J connectivity index is 1.82. The summed E-state index contributed by atoms with van der Waals surface area (Å²) in [6.07, 6.45) is 1.59. The van der Waals surface area contributed by atoms with Crippen molar-refractivity contribution in [3.63, 3.8) is 0 Å². The summed E-state index contributed by atoms with van der Waals surface area (Å²) in [6, 6.07) is 13.9. The van der Waals surface area contributed by atoms with Gasteiger partial charge in [0.25, 0.3) is 5.91 Å². The molecule has 1 aliphatic rings. The summed E-state index contributed by atoms with van der Waals surface area (Å²) in [4.78, 5) is 19.3. The Bertz CT molecular complexity index is 718. The number of ether oxygens (including phenoxy) is 1. The van der Waals surface area contributed by atoms with E-state index in [2.05, 4.69) is 10.3 Å². The van der Waals surface area contributed by atoms with Crippen molar-refractivity contribution in [1.29, 1.82) is 0 Å². The topological polar surface area (TPSA) is 54.5 Å². The third-order valence-corrected chi connectivity index (χ3v) is 4.18. The lowest BCUT2D eigenvalue weighted by atomic mass is 10.1. The van der Waals surface area contributed by atoms with Crippen LogP contribution in [-0.2, 0) is 4.74 Å². The van der Waals surface area contributed by atoms with Crippen LogP contribution in [0.3, 0.4) is 0 Å². The smallest absolute Gasteiger partial charge is 0.257 e. The molecular formula is C20H25N3O2. The summed E-state index contributed by atoms with van der Waals surface area (Å²) in [5, 5.41) is 3.26. The van der Waals surface area contributed by atoms with Crippen molar-refractivity contribution in [2.24, 2.45) is 0 Å². The number of carbonyl (C=O) groups excluding carboxylic acids is 1. The predicted molar refractivity (Wildman–Crippen MR) is 98.6 cm³/mol. The molecule has 2 heterocycles. The quantitative estimate of drug-likeness (QED) is 0.926. The molecule has 0 bridgehead atoms. The summed E-state index contributed by atoms with van der Waals surface area (Å²) in [7, 11) is 0. The molecule has 1 aromatic heterocycles. The van der Waals surface area contributed by atoms with Crippen LogP contribution in [0.25, 0.3) is 0 Å². The first kappa shape index (κ1) is 17.4. The maximum absolute atomic E-state index is 13.1. The molecule has 2 aromatic rings. The van der Waals surface area contributed by atoms with E-state index in [1.807, 2.05) is 62.1 Å². The van der Waals surface area contributed by atoms with E-state index in [9.17, 15) is 4.79 Å². The van der Waals surface area contributed by atoms with Crippen LogP contribution >= 0.6 is 0 Å². The van der Waals surface area contributed by atoms with Gasteiger partial charge < -0.3 is 15.0 Å². The standard InChI is InChI=1S/C20H25N3O2/c1-14(2)22-19-17(10-7-11-21-19)20(24)23-12-15(3)25-18(13-23)16-8-5-4-6-9-16/h4-11,14-15,18H,12-13H2,1-3H3,(H,21,22). The number of hydrogen-bond donors (Lipinski definition) is 1. The van der Waals surface area contributed by atoms with Crippen molar-refractivity contribution in [3.8, 4) is 0 Å². The van der Waals surface area contributed by atoms with E-state index in [4.69, 9.17) is 4.74 Å². The normalized spacial score (nSPS) is 20.6. The van der Waals surface area contributed by atoms with Gasteiger partial charge in [-0.1, -0.05) is 30.3 Å². The Labute approximate surface area is 149 Å². The van der Waals surface area contributed by atoms with Crippen molar-refractivity contribution in [3.05, 3.63) is 59.8 Å². The number of hydrogen-bond acceptors (Lipinski definition) is 4. The highest BCUT2D eigenvalue weighted by Gasteiger charge is 2.31. The minimum absolute atomic E-state index is 0.00710. The van der Waals surface area contributed by atoms with Crippen LogP contribution in [0.2, 0.25) is 0 Å². The number of anilines is 1. The lowest BCUT2D eigenvalue weighted by molar-refractivity contribution is -0.0691. The zero-order valence-corrected chi connectivity index (χ0v) is 15.0. The molecule has 0 aliphatic carbocycles. The first-order chi connectivity index (χ1) is 12.0. The van der Waals surface area contributed by atoms with Gasteiger partial charge in [-0.25, -0.2) is 4.98 Å². The average Bonchev–Trinajstić information content (AvgIpc) is 2.61. The second-order valence-corrected chi connectivity index (χ2v) is 6.75. The number of morpholine rings is 1. The maximum atomic E-state index is 13.1. The molecule has 0 spiro atoms. The number of nitrogens with one attached hydrogen (secondary N) is 1. The molecule has 25 heavy (non-hydrogen) atoms. The third-order valence-electron chi connectivity index (χ3n) is 4.18. The van der Waals surface area contributed by atoms with Crippen LogP contribution in [0.4, 0.5) is 5.82 Å². The van der Waals surface area contributed by atoms with Gasteiger partial charge >= 0.3 is 0 Å². The van der Waals surface area contributed by atoms with E-state index < -0.39 is 0 Å². The van der Waals surface area contributed by atoms with Gasteiger partial charge in [0.1, 0.15) is 11.9 Å². The SMILES string of the molecule is CC(C)Nc1ncccc1C(=O)N1CC(C)OC(c2ccccc2)C1. The van der Waals surface area contributed by atoms with Crippen molar-refractivity contribution < 1.29 is 9.53 Å². The van der Waals surface area contributed by atoms with Gasteiger partial charge in [0.05, 0.1) is 18.2 Å². The fourth-order valence-corrected chi connectivity index (χ4v) is 3.11. The van der Waals surface area contributed by atoms with Gasteiger partial charge in [0, 0.05) is 18.8 Å². The molecule has 0 saturated carbocycles. The summed E-state index contributed by atoms with van der Waals surface area (Å²) < 4.78 is 6.06. The van der Waals surface area contributed by atoms with E-state index in [-0.39, 0.29) is 24.2 Å². The first-order valence-electron chi connectivity index (χ1n) is 8.76. The van der Waals surface area contributed by atoms with E-state index in [0.29, 0.717) is 24.5 Å². The lowest BCUT2D eigenvalue weighted by Crippen LogP contribution is -2.46. The van der Waals surface area contributed by atoms with Gasteiger partial charge in [0.2, 0.25) is 0 Å². The molecule has 1 aliphatic heterocycles. The van der Waals surface area contributed by atoms with Gasteiger partial charge in [-0.15, -0.1) is 0 Å². The summed E-state index contributed by atoms with van der Waals surface area (Å²) in [6.45, 7) is 7.20. The number of carbonyl (C=O) groups is 1. The molecule has 132 valence electrons. The average molecular weight is 339 g/mol. The molecule has 0 radical (unpaired) electrons.